The van der Waals surface area contributed by atoms with Gasteiger partial charge >= 0.3 is 0 Å². The average Bonchev–Trinajstić information content (AvgIpc) is 2.57. The van der Waals surface area contributed by atoms with E-state index < -0.39 is 0 Å². The van der Waals surface area contributed by atoms with Gasteiger partial charge in [-0.1, -0.05) is 77.6 Å². The fourth-order valence-electron chi connectivity index (χ4n) is 3.87. The van der Waals surface area contributed by atoms with Crippen LogP contribution in [0.3, 0.4) is 0 Å². The Labute approximate surface area is 144 Å². The number of nitrogens with zero attached hydrogens (tertiary/aromatic N) is 1. The van der Waals surface area contributed by atoms with E-state index in [1.165, 1.54) is 77.0 Å². The van der Waals surface area contributed by atoms with Crippen molar-refractivity contribution in [2.24, 2.45) is 0 Å². The lowest BCUT2D eigenvalue weighted by Crippen LogP contribution is -2.43. The number of aliphatic hydroxyl groups excluding tert-OH is 2. The van der Waals surface area contributed by atoms with Gasteiger partial charge in [-0.3, -0.25) is 4.90 Å². The Morgan fingerprint density at radius 3 is 2.13 bits per heavy atom. The Morgan fingerprint density at radius 1 is 0.913 bits per heavy atom. The lowest BCUT2D eigenvalue weighted by molar-refractivity contribution is 0.0553. The van der Waals surface area contributed by atoms with Crippen molar-refractivity contribution >= 4 is 0 Å². The molecule has 138 valence electrons. The molecular formula is C20H41NO2. The predicted octanol–water partition coefficient (Wildman–Crippen LogP) is 4.51. The first-order valence-corrected chi connectivity index (χ1v) is 10.3. The van der Waals surface area contributed by atoms with Gasteiger partial charge < -0.3 is 10.2 Å². The number of aliphatic hydroxyl groups is 2. The molecule has 0 spiro atoms. The summed E-state index contributed by atoms with van der Waals surface area (Å²) in [6.07, 6.45) is 17.7. The third-order valence-corrected chi connectivity index (χ3v) is 5.31. The molecule has 1 unspecified atom stereocenters. The first-order chi connectivity index (χ1) is 11.3. The van der Waals surface area contributed by atoms with Crippen LogP contribution in [0.2, 0.25) is 0 Å². The Balaban J connectivity index is 2.08. The zero-order valence-electron chi connectivity index (χ0n) is 15.5. The molecule has 0 aromatic rings. The molecule has 1 saturated carbocycles. The van der Waals surface area contributed by atoms with E-state index in [9.17, 15) is 10.2 Å². The molecule has 1 aliphatic carbocycles. The van der Waals surface area contributed by atoms with Crippen LogP contribution in [0.15, 0.2) is 0 Å². The van der Waals surface area contributed by atoms with Gasteiger partial charge in [-0.15, -0.1) is 0 Å². The van der Waals surface area contributed by atoms with E-state index in [-0.39, 0.29) is 12.7 Å². The molecule has 0 heterocycles. The Morgan fingerprint density at radius 2 is 1.52 bits per heavy atom. The van der Waals surface area contributed by atoms with Crippen LogP contribution in [0.25, 0.3) is 0 Å². The molecule has 0 aliphatic heterocycles. The molecule has 1 aliphatic rings. The van der Waals surface area contributed by atoms with Crippen LogP contribution in [-0.2, 0) is 0 Å². The van der Waals surface area contributed by atoms with E-state index in [4.69, 9.17) is 0 Å². The standard InChI is InChI=1S/C20H41NO2/c1-2-3-4-5-6-7-8-12-15-20(23)18-21(16-17-22)19-13-10-9-11-14-19/h19-20,22-23H,2-18H2,1H3. The molecule has 3 nitrogen and oxygen atoms in total. The largest absolute Gasteiger partial charge is 0.395 e. The number of rotatable bonds is 14. The highest BCUT2D eigenvalue weighted by Gasteiger charge is 2.22. The Hall–Kier alpha value is -0.120. The molecule has 3 heteroatoms. The van der Waals surface area contributed by atoms with Crippen LogP contribution in [0.1, 0.15) is 96.8 Å². The molecule has 1 fully saturated rings. The van der Waals surface area contributed by atoms with Gasteiger partial charge in [-0.25, -0.2) is 0 Å². The smallest absolute Gasteiger partial charge is 0.0667 e. The zero-order valence-corrected chi connectivity index (χ0v) is 15.5. The number of hydrogen-bond donors (Lipinski definition) is 2. The first-order valence-electron chi connectivity index (χ1n) is 10.3. The summed E-state index contributed by atoms with van der Waals surface area (Å²) < 4.78 is 0. The van der Waals surface area contributed by atoms with E-state index >= 15 is 0 Å². The van der Waals surface area contributed by atoms with Crippen molar-refractivity contribution in [2.45, 2.75) is 109 Å². The third-order valence-electron chi connectivity index (χ3n) is 5.31. The minimum Gasteiger partial charge on any atom is -0.395 e. The second-order valence-corrected chi connectivity index (χ2v) is 7.43. The fraction of sp³-hybridized carbons (Fsp3) is 1.00. The van der Waals surface area contributed by atoms with Crippen molar-refractivity contribution in [1.29, 1.82) is 0 Å². The molecule has 0 aromatic carbocycles. The van der Waals surface area contributed by atoms with Crippen molar-refractivity contribution in [2.75, 3.05) is 19.7 Å². The summed E-state index contributed by atoms with van der Waals surface area (Å²) in [6.45, 7) is 3.94. The molecule has 1 rings (SSSR count). The lowest BCUT2D eigenvalue weighted by Gasteiger charge is -2.35. The van der Waals surface area contributed by atoms with Crippen LogP contribution in [0.5, 0.6) is 0 Å². The maximum atomic E-state index is 10.3. The quantitative estimate of drug-likeness (QED) is 0.462. The summed E-state index contributed by atoms with van der Waals surface area (Å²) in [7, 11) is 0. The van der Waals surface area contributed by atoms with E-state index in [0.29, 0.717) is 6.04 Å². The van der Waals surface area contributed by atoms with E-state index in [1.54, 1.807) is 0 Å². The average molecular weight is 328 g/mol. The molecule has 0 aromatic heterocycles. The monoisotopic (exact) mass is 327 g/mol. The van der Waals surface area contributed by atoms with Crippen molar-refractivity contribution in [3.8, 4) is 0 Å². The van der Waals surface area contributed by atoms with Crippen LogP contribution >= 0.6 is 0 Å². The van der Waals surface area contributed by atoms with Crippen molar-refractivity contribution in [1.82, 2.24) is 4.90 Å². The van der Waals surface area contributed by atoms with Gasteiger partial charge in [0.25, 0.3) is 0 Å². The van der Waals surface area contributed by atoms with E-state index in [2.05, 4.69) is 11.8 Å². The van der Waals surface area contributed by atoms with Crippen molar-refractivity contribution in [3.05, 3.63) is 0 Å². The first kappa shape index (κ1) is 20.9. The molecule has 0 saturated heterocycles. The molecule has 0 radical (unpaired) electrons. The van der Waals surface area contributed by atoms with Crippen LogP contribution in [0, 0.1) is 0 Å². The zero-order chi connectivity index (χ0) is 16.8. The van der Waals surface area contributed by atoms with E-state index in [0.717, 1.165) is 25.9 Å². The minimum atomic E-state index is -0.219. The SMILES string of the molecule is CCCCCCCCCCC(O)CN(CCO)C1CCCCC1. The molecule has 0 bridgehead atoms. The number of hydrogen-bond acceptors (Lipinski definition) is 3. The van der Waals surface area contributed by atoms with Gasteiger partial charge in [0.2, 0.25) is 0 Å². The highest BCUT2D eigenvalue weighted by atomic mass is 16.3. The summed E-state index contributed by atoms with van der Waals surface area (Å²) in [5.41, 5.74) is 0. The molecule has 0 amide bonds. The summed E-state index contributed by atoms with van der Waals surface area (Å²) in [6, 6.07) is 0.587. The Kier molecular flexibility index (Phi) is 13.0. The Bertz CT molecular complexity index is 254. The lowest BCUT2D eigenvalue weighted by atomic mass is 9.93. The third kappa shape index (κ3) is 10.4. The van der Waals surface area contributed by atoms with Gasteiger partial charge in [0.05, 0.1) is 12.7 Å². The molecule has 23 heavy (non-hydrogen) atoms. The normalized spacial score (nSPS) is 17.7. The second kappa shape index (κ2) is 14.2. The maximum absolute atomic E-state index is 10.3. The summed E-state index contributed by atoms with van der Waals surface area (Å²) in [5.74, 6) is 0. The van der Waals surface area contributed by atoms with Gasteiger partial charge in [-0.05, 0) is 19.3 Å². The molecular weight excluding hydrogens is 286 g/mol. The van der Waals surface area contributed by atoms with Gasteiger partial charge in [0, 0.05) is 19.1 Å². The van der Waals surface area contributed by atoms with Gasteiger partial charge in [0.1, 0.15) is 0 Å². The fourth-order valence-corrected chi connectivity index (χ4v) is 3.87. The van der Waals surface area contributed by atoms with Crippen LogP contribution in [0.4, 0.5) is 0 Å². The van der Waals surface area contributed by atoms with Gasteiger partial charge in [-0.2, -0.15) is 0 Å². The maximum Gasteiger partial charge on any atom is 0.0667 e. The number of unbranched alkanes of at least 4 members (excludes halogenated alkanes) is 7. The van der Waals surface area contributed by atoms with Crippen molar-refractivity contribution in [3.63, 3.8) is 0 Å². The van der Waals surface area contributed by atoms with Crippen LogP contribution in [-0.4, -0.2) is 47.0 Å². The van der Waals surface area contributed by atoms with Crippen molar-refractivity contribution < 1.29 is 10.2 Å². The highest BCUT2D eigenvalue weighted by molar-refractivity contribution is 4.77. The molecule has 2 N–H and O–H groups in total. The second-order valence-electron chi connectivity index (χ2n) is 7.43. The van der Waals surface area contributed by atoms with E-state index in [1.807, 2.05) is 0 Å². The minimum absolute atomic E-state index is 0.209. The topological polar surface area (TPSA) is 43.7 Å². The van der Waals surface area contributed by atoms with Crippen LogP contribution < -0.4 is 0 Å². The summed E-state index contributed by atoms with van der Waals surface area (Å²) in [5, 5.41) is 19.6. The summed E-state index contributed by atoms with van der Waals surface area (Å²) in [4.78, 5) is 2.34. The highest BCUT2D eigenvalue weighted by Crippen LogP contribution is 2.23. The predicted molar refractivity (Wildman–Crippen MR) is 98.8 cm³/mol. The van der Waals surface area contributed by atoms with Gasteiger partial charge in [0.15, 0.2) is 0 Å². The summed E-state index contributed by atoms with van der Waals surface area (Å²) >= 11 is 0. The molecule has 1 atom stereocenters.